The van der Waals surface area contributed by atoms with E-state index in [0.717, 1.165) is 26.9 Å². The summed E-state index contributed by atoms with van der Waals surface area (Å²) in [5.74, 6) is -0.926. The van der Waals surface area contributed by atoms with E-state index in [-0.39, 0.29) is 10.7 Å². The van der Waals surface area contributed by atoms with Crippen molar-refractivity contribution in [2.24, 2.45) is 5.10 Å². The molecule has 37 heavy (non-hydrogen) atoms. The van der Waals surface area contributed by atoms with Crippen LogP contribution >= 0.6 is 15.9 Å². The Bertz CT molecular complexity index is 1550. The van der Waals surface area contributed by atoms with E-state index in [0.29, 0.717) is 10.2 Å². The molecule has 1 amide bonds. The van der Waals surface area contributed by atoms with Gasteiger partial charge in [0, 0.05) is 27.1 Å². The average molecular weight is 583 g/mol. The summed E-state index contributed by atoms with van der Waals surface area (Å²) in [6.45, 7) is 3.33. The first-order valence-electron chi connectivity index (χ1n) is 11.3. The normalized spacial score (nSPS) is 11.6. The van der Waals surface area contributed by atoms with E-state index in [9.17, 15) is 17.6 Å². The maximum atomic E-state index is 13.4. The Morgan fingerprint density at radius 2 is 1.73 bits per heavy atom. The van der Waals surface area contributed by atoms with Gasteiger partial charge >= 0.3 is 0 Å². The van der Waals surface area contributed by atoms with Gasteiger partial charge in [-0.15, -0.1) is 0 Å². The number of aryl methyl sites for hydroxylation is 1. The van der Waals surface area contributed by atoms with Crippen LogP contribution in [0.15, 0.2) is 99.4 Å². The number of nitrogens with one attached hydrogen (secondary N) is 1. The van der Waals surface area contributed by atoms with Crippen molar-refractivity contribution in [2.75, 3.05) is 10.8 Å². The first-order valence-corrected chi connectivity index (χ1v) is 13.5. The maximum absolute atomic E-state index is 13.4. The Hall–Kier alpha value is -3.76. The van der Waals surface area contributed by atoms with Crippen molar-refractivity contribution in [3.63, 3.8) is 0 Å². The smallest absolute Gasteiger partial charge is 0.264 e. The van der Waals surface area contributed by atoms with Crippen LogP contribution in [-0.4, -0.2) is 31.7 Å². The van der Waals surface area contributed by atoms with Gasteiger partial charge in [0.15, 0.2) is 0 Å². The van der Waals surface area contributed by atoms with Crippen molar-refractivity contribution >= 4 is 43.8 Å². The van der Waals surface area contributed by atoms with Gasteiger partial charge in [0.1, 0.15) is 12.4 Å². The zero-order valence-electron chi connectivity index (χ0n) is 20.1. The third kappa shape index (κ3) is 5.98. The number of benzene rings is 3. The molecule has 3 aromatic carbocycles. The van der Waals surface area contributed by atoms with Crippen LogP contribution in [0.3, 0.4) is 0 Å². The fourth-order valence-electron chi connectivity index (χ4n) is 3.91. The highest BCUT2D eigenvalue weighted by Crippen LogP contribution is 2.26. The van der Waals surface area contributed by atoms with Crippen LogP contribution in [0.4, 0.5) is 10.1 Å². The fraction of sp³-hybridized carbons (Fsp3) is 0.111. The van der Waals surface area contributed by atoms with E-state index in [1.165, 1.54) is 30.5 Å². The van der Waals surface area contributed by atoms with E-state index in [4.69, 9.17) is 0 Å². The number of carbonyl (C=O) groups excluding carboxylic acids is 1. The highest BCUT2D eigenvalue weighted by atomic mass is 79.9. The number of sulfonamides is 1. The summed E-state index contributed by atoms with van der Waals surface area (Å²) in [7, 11) is -4.02. The molecule has 1 N–H and O–H groups in total. The summed E-state index contributed by atoms with van der Waals surface area (Å²) in [6, 6.07) is 22.7. The SMILES string of the molecule is Cc1cc(/C=N\NC(=O)CN(c2cccc(Br)c2)S(=O)(=O)c2ccccc2)c(C)n1-c1ccc(F)cc1. The molecule has 190 valence electrons. The van der Waals surface area contributed by atoms with Gasteiger partial charge in [-0.2, -0.15) is 5.10 Å². The molecule has 0 radical (unpaired) electrons. The second-order valence-electron chi connectivity index (χ2n) is 8.24. The van der Waals surface area contributed by atoms with Gasteiger partial charge in [-0.3, -0.25) is 9.10 Å². The molecule has 10 heteroatoms. The highest BCUT2D eigenvalue weighted by molar-refractivity contribution is 9.10. The van der Waals surface area contributed by atoms with Gasteiger partial charge < -0.3 is 4.57 Å². The molecule has 0 fully saturated rings. The predicted octanol–water partition coefficient (Wildman–Crippen LogP) is 5.34. The number of hydrazone groups is 1. The molecule has 0 atom stereocenters. The third-order valence-corrected chi connectivity index (χ3v) is 7.94. The maximum Gasteiger partial charge on any atom is 0.264 e. The lowest BCUT2D eigenvalue weighted by Crippen LogP contribution is -2.39. The molecule has 0 aliphatic rings. The van der Waals surface area contributed by atoms with E-state index >= 15 is 0 Å². The first-order chi connectivity index (χ1) is 17.7. The molecule has 0 aliphatic carbocycles. The molecular formula is C27H24BrFN4O3S. The molecule has 1 aromatic heterocycles. The molecular weight excluding hydrogens is 559 g/mol. The minimum atomic E-state index is -4.02. The minimum Gasteiger partial charge on any atom is -0.318 e. The number of aromatic nitrogens is 1. The van der Waals surface area contributed by atoms with Crippen LogP contribution < -0.4 is 9.73 Å². The van der Waals surface area contributed by atoms with Crippen molar-refractivity contribution < 1.29 is 17.6 Å². The number of halogens is 2. The van der Waals surface area contributed by atoms with Gasteiger partial charge in [0.25, 0.3) is 15.9 Å². The fourth-order valence-corrected chi connectivity index (χ4v) is 5.73. The zero-order valence-corrected chi connectivity index (χ0v) is 22.5. The summed E-state index contributed by atoms with van der Waals surface area (Å²) in [4.78, 5) is 12.9. The Balaban J connectivity index is 1.54. The van der Waals surface area contributed by atoms with Crippen LogP contribution in [0, 0.1) is 19.7 Å². The molecule has 4 aromatic rings. The molecule has 0 aliphatic heterocycles. The quantitative estimate of drug-likeness (QED) is 0.225. The number of rotatable bonds is 8. The summed E-state index contributed by atoms with van der Waals surface area (Å²) >= 11 is 3.36. The summed E-state index contributed by atoms with van der Waals surface area (Å²) < 4.78 is 43.8. The van der Waals surface area contributed by atoms with Crippen molar-refractivity contribution in [3.8, 4) is 5.69 Å². The number of amides is 1. The molecule has 4 rings (SSSR count). The van der Waals surface area contributed by atoms with Gasteiger partial charge in [0.05, 0.1) is 16.8 Å². The van der Waals surface area contributed by atoms with Crippen LogP contribution in [-0.2, 0) is 14.8 Å². The molecule has 1 heterocycles. The predicted molar refractivity (Wildman–Crippen MR) is 146 cm³/mol. The minimum absolute atomic E-state index is 0.0690. The topological polar surface area (TPSA) is 83.8 Å². The Morgan fingerprint density at radius 1 is 1.03 bits per heavy atom. The van der Waals surface area contributed by atoms with E-state index in [1.807, 2.05) is 24.5 Å². The van der Waals surface area contributed by atoms with E-state index in [2.05, 4.69) is 26.5 Å². The summed E-state index contributed by atoms with van der Waals surface area (Å²) in [5.41, 5.74) is 6.07. The molecule has 0 saturated heterocycles. The monoisotopic (exact) mass is 582 g/mol. The number of nitrogens with zero attached hydrogens (tertiary/aromatic N) is 3. The number of carbonyl (C=O) groups is 1. The first kappa shape index (κ1) is 26.3. The molecule has 0 bridgehead atoms. The van der Waals surface area contributed by atoms with Crippen LogP contribution in [0.5, 0.6) is 0 Å². The van der Waals surface area contributed by atoms with Crippen molar-refractivity contribution in [1.29, 1.82) is 0 Å². The Morgan fingerprint density at radius 3 is 2.41 bits per heavy atom. The van der Waals surface area contributed by atoms with Crippen molar-refractivity contribution in [1.82, 2.24) is 9.99 Å². The molecule has 0 unspecified atom stereocenters. The van der Waals surface area contributed by atoms with E-state index < -0.39 is 22.5 Å². The molecule has 7 nitrogen and oxygen atoms in total. The lowest BCUT2D eigenvalue weighted by Gasteiger charge is -2.23. The summed E-state index contributed by atoms with van der Waals surface area (Å²) in [5, 5.41) is 4.06. The van der Waals surface area contributed by atoms with Crippen molar-refractivity contribution in [3.05, 3.63) is 112 Å². The van der Waals surface area contributed by atoms with Gasteiger partial charge in [-0.1, -0.05) is 40.2 Å². The van der Waals surface area contributed by atoms with Crippen molar-refractivity contribution in [2.45, 2.75) is 18.7 Å². The van der Waals surface area contributed by atoms with E-state index in [1.54, 1.807) is 54.6 Å². The third-order valence-electron chi connectivity index (χ3n) is 5.66. The summed E-state index contributed by atoms with van der Waals surface area (Å²) in [6.07, 6.45) is 1.50. The highest BCUT2D eigenvalue weighted by Gasteiger charge is 2.27. The Kier molecular flexibility index (Phi) is 7.89. The van der Waals surface area contributed by atoms with Crippen LogP contribution in [0.1, 0.15) is 17.0 Å². The number of hydrogen-bond donors (Lipinski definition) is 1. The lowest BCUT2D eigenvalue weighted by atomic mass is 10.2. The van der Waals surface area contributed by atoms with Gasteiger partial charge in [-0.25, -0.2) is 18.2 Å². The van der Waals surface area contributed by atoms with Crippen LogP contribution in [0.2, 0.25) is 0 Å². The van der Waals surface area contributed by atoms with Gasteiger partial charge in [-0.05, 0) is 74.5 Å². The second kappa shape index (κ2) is 11.1. The molecule has 0 saturated carbocycles. The van der Waals surface area contributed by atoms with Crippen LogP contribution in [0.25, 0.3) is 5.69 Å². The number of hydrogen-bond acceptors (Lipinski definition) is 4. The largest absolute Gasteiger partial charge is 0.318 e. The average Bonchev–Trinajstić information content (AvgIpc) is 3.16. The molecule has 0 spiro atoms. The lowest BCUT2D eigenvalue weighted by molar-refractivity contribution is -0.119. The number of anilines is 1. The Labute approximate surface area is 223 Å². The van der Waals surface area contributed by atoms with Gasteiger partial charge in [0.2, 0.25) is 0 Å². The second-order valence-corrected chi connectivity index (χ2v) is 11.0. The standard InChI is InChI=1S/C27H24BrFN4O3S/c1-19-15-21(20(2)33(19)24-13-11-23(29)12-14-24)17-30-31-27(34)18-32(25-8-6-7-22(28)16-25)37(35,36)26-9-4-3-5-10-26/h3-17H,18H2,1-2H3,(H,31,34)/b30-17-. The zero-order chi connectivity index (χ0) is 26.6.